The monoisotopic (exact) mass is 542 g/mol. The van der Waals surface area contributed by atoms with Gasteiger partial charge in [-0.1, -0.05) is 39.8 Å². The van der Waals surface area contributed by atoms with E-state index in [4.69, 9.17) is 14.2 Å². The summed E-state index contributed by atoms with van der Waals surface area (Å²) in [4.78, 5) is 23.0. The lowest BCUT2D eigenvalue weighted by atomic mass is 9.78. The largest absolute Gasteiger partial charge is 0.507 e. The van der Waals surface area contributed by atoms with E-state index in [1.807, 2.05) is 38.1 Å². The second-order valence-corrected chi connectivity index (χ2v) is 11.7. The van der Waals surface area contributed by atoms with Gasteiger partial charge in [0.1, 0.15) is 11.5 Å². The summed E-state index contributed by atoms with van der Waals surface area (Å²) in [7, 11) is 2.80. The number of aromatic hydroxyl groups is 2. The molecule has 0 heterocycles. The van der Waals surface area contributed by atoms with Gasteiger partial charge in [0.15, 0.2) is 0 Å². The number of aryl methyl sites for hydroxylation is 2. The number of phenolic OH excluding ortho intramolecular Hbond substituents is 2. The molecule has 0 bridgehead atoms. The van der Waals surface area contributed by atoms with E-state index < -0.39 is 0 Å². The highest BCUT2D eigenvalue weighted by Crippen LogP contribution is 2.36. The normalized spacial score (nSPS) is 11.9. The second-order valence-electron chi connectivity index (χ2n) is 11.7. The molecule has 0 fully saturated rings. The van der Waals surface area contributed by atoms with Crippen LogP contribution in [0.15, 0.2) is 24.3 Å². The van der Waals surface area contributed by atoms with Crippen molar-refractivity contribution in [2.45, 2.75) is 104 Å². The molecule has 7 nitrogen and oxygen atoms in total. The molecule has 0 aliphatic rings. The Morgan fingerprint density at radius 1 is 0.692 bits per heavy atom. The lowest BCUT2D eigenvalue weighted by molar-refractivity contribution is -0.141. The first kappa shape index (κ1) is 32.2. The summed E-state index contributed by atoms with van der Waals surface area (Å²) < 4.78 is 15.5. The van der Waals surface area contributed by atoms with Gasteiger partial charge >= 0.3 is 11.9 Å². The van der Waals surface area contributed by atoms with Crippen LogP contribution in [0.2, 0.25) is 0 Å². The molecule has 0 radical (unpaired) electrons. The number of esters is 2. The summed E-state index contributed by atoms with van der Waals surface area (Å²) in [5.41, 5.74) is 4.62. The van der Waals surface area contributed by atoms with Gasteiger partial charge in [-0.15, -0.1) is 0 Å². The molecule has 0 atom stereocenters. The van der Waals surface area contributed by atoms with E-state index in [1.54, 1.807) is 0 Å². The number of carbonyl (C=O) groups excluding carboxylic acids is 2. The molecule has 0 amide bonds. The molecule has 0 aromatic heterocycles. The minimum absolute atomic E-state index is 0.185. The SMILES string of the molecule is COC(=O)CCCC(C)(C)c1cc(C)c(O)c(COCc2cc(C(C)(C)CCCC(=O)OC)cc(C)c2O)c1. The van der Waals surface area contributed by atoms with Crippen LogP contribution in [-0.2, 0) is 47.8 Å². The number of phenols is 2. The van der Waals surface area contributed by atoms with Gasteiger partial charge in [0.2, 0.25) is 0 Å². The fourth-order valence-corrected chi connectivity index (χ4v) is 4.82. The van der Waals surface area contributed by atoms with Crippen molar-refractivity contribution in [1.82, 2.24) is 0 Å². The number of hydrogen-bond donors (Lipinski definition) is 2. The summed E-state index contributed by atoms with van der Waals surface area (Å²) in [6.45, 7) is 12.6. The summed E-state index contributed by atoms with van der Waals surface area (Å²) in [6, 6.07) is 7.90. The standard InChI is InChI=1S/C32H46O7/c1-21-15-25(31(3,4)13-9-11-27(33)37-7)17-23(29(21)35)19-39-20-24-18-26(16-22(2)30(24)36)32(5,6)14-10-12-28(34)38-8/h15-18,35-36H,9-14,19-20H2,1-8H3. The molecule has 216 valence electrons. The summed E-state index contributed by atoms with van der Waals surface area (Å²) in [6.07, 6.45) is 3.75. The molecule has 2 N–H and O–H groups in total. The number of hydrogen-bond acceptors (Lipinski definition) is 7. The molecule has 0 saturated heterocycles. The Morgan fingerprint density at radius 2 is 1.05 bits per heavy atom. The van der Waals surface area contributed by atoms with Crippen LogP contribution >= 0.6 is 0 Å². The van der Waals surface area contributed by atoms with Crippen LogP contribution < -0.4 is 0 Å². The van der Waals surface area contributed by atoms with Crippen molar-refractivity contribution in [1.29, 1.82) is 0 Å². The van der Waals surface area contributed by atoms with Crippen molar-refractivity contribution in [2.24, 2.45) is 0 Å². The number of carbonyl (C=O) groups is 2. The summed E-state index contributed by atoms with van der Waals surface area (Å²) >= 11 is 0. The lowest BCUT2D eigenvalue weighted by Crippen LogP contribution is -2.19. The molecule has 0 aliphatic heterocycles. The first-order valence-electron chi connectivity index (χ1n) is 13.6. The van der Waals surface area contributed by atoms with Gasteiger partial charge < -0.3 is 24.4 Å². The van der Waals surface area contributed by atoms with Gasteiger partial charge in [-0.25, -0.2) is 0 Å². The number of benzene rings is 2. The van der Waals surface area contributed by atoms with Crippen LogP contribution in [0.3, 0.4) is 0 Å². The van der Waals surface area contributed by atoms with Gasteiger partial charge in [-0.2, -0.15) is 0 Å². The maximum absolute atomic E-state index is 11.5. The Hall–Kier alpha value is -3.06. The first-order chi connectivity index (χ1) is 18.2. The molecule has 7 heteroatoms. The topological polar surface area (TPSA) is 102 Å². The highest BCUT2D eigenvalue weighted by atomic mass is 16.5. The van der Waals surface area contributed by atoms with E-state index >= 15 is 0 Å². The lowest BCUT2D eigenvalue weighted by Gasteiger charge is -2.27. The fraction of sp³-hybridized carbons (Fsp3) is 0.562. The average Bonchev–Trinajstić information content (AvgIpc) is 2.87. The van der Waals surface area contributed by atoms with Crippen molar-refractivity contribution >= 4 is 11.9 Å². The van der Waals surface area contributed by atoms with E-state index in [0.717, 1.165) is 35.1 Å². The molecule has 0 spiro atoms. The molecule has 2 aromatic carbocycles. The fourth-order valence-electron chi connectivity index (χ4n) is 4.82. The van der Waals surface area contributed by atoms with Crippen LogP contribution in [0.25, 0.3) is 0 Å². The molecule has 0 saturated carbocycles. The van der Waals surface area contributed by atoms with Crippen LogP contribution in [0.4, 0.5) is 0 Å². The van der Waals surface area contributed by atoms with Crippen molar-refractivity contribution in [2.75, 3.05) is 14.2 Å². The molecule has 2 rings (SSSR count). The predicted molar refractivity (Wildman–Crippen MR) is 152 cm³/mol. The smallest absolute Gasteiger partial charge is 0.305 e. The van der Waals surface area contributed by atoms with Crippen molar-refractivity contribution in [3.05, 3.63) is 57.6 Å². The van der Waals surface area contributed by atoms with Crippen LogP contribution in [0, 0.1) is 13.8 Å². The number of rotatable bonds is 14. The summed E-state index contributed by atoms with van der Waals surface area (Å²) in [5.74, 6) is -0.0298. The van der Waals surface area contributed by atoms with Crippen LogP contribution in [0.1, 0.15) is 99.6 Å². The zero-order valence-electron chi connectivity index (χ0n) is 24.9. The molecular weight excluding hydrogens is 496 g/mol. The highest BCUT2D eigenvalue weighted by molar-refractivity contribution is 5.69. The minimum atomic E-state index is -0.214. The first-order valence-corrected chi connectivity index (χ1v) is 13.6. The molecule has 2 aromatic rings. The van der Waals surface area contributed by atoms with E-state index in [0.29, 0.717) is 36.8 Å². The minimum Gasteiger partial charge on any atom is -0.507 e. The number of methoxy groups -OCH3 is 2. The quantitative estimate of drug-likeness (QED) is 0.257. The van der Waals surface area contributed by atoms with E-state index in [2.05, 4.69) is 27.7 Å². The molecule has 0 unspecified atom stereocenters. The maximum Gasteiger partial charge on any atom is 0.305 e. The Kier molecular flexibility index (Phi) is 11.4. The zero-order valence-corrected chi connectivity index (χ0v) is 24.9. The van der Waals surface area contributed by atoms with Gasteiger partial charge in [0, 0.05) is 24.0 Å². The van der Waals surface area contributed by atoms with Gasteiger partial charge in [0.25, 0.3) is 0 Å². The third-order valence-electron chi connectivity index (χ3n) is 7.66. The molecular formula is C32H46O7. The zero-order chi connectivity index (χ0) is 29.4. The third-order valence-corrected chi connectivity index (χ3v) is 7.66. The van der Waals surface area contributed by atoms with Gasteiger partial charge in [-0.05, 0) is 84.7 Å². The number of ether oxygens (including phenoxy) is 3. The van der Waals surface area contributed by atoms with Gasteiger partial charge in [0.05, 0.1) is 27.4 Å². The molecule has 0 aliphatic carbocycles. The Labute approximate surface area is 233 Å². The van der Waals surface area contributed by atoms with E-state index in [9.17, 15) is 19.8 Å². The van der Waals surface area contributed by atoms with Crippen molar-refractivity contribution < 1.29 is 34.0 Å². The van der Waals surface area contributed by atoms with Crippen molar-refractivity contribution in [3.8, 4) is 11.5 Å². The third kappa shape index (κ3) is 8.99. The van der Waals surface area contributed by atoms with Crippen LogP contribution in [-0.4, -0.2) is 36.4 Å². The maximum atomic E-state index is 11.5. The van der Waals surface area contributed by atoms with E-state index in [1.165, 1.54) is 14.2 Å². The predicted octanol–water partition coefficient (Wildman–Crippen LogP) is 6.67. The Bertz CT molecular complexity index is 1060. The van der Waals surface area contributed by atoms with Crippen molar-refractivity contribution in [3.63, 3.8) is 0 Å². The Morgan fingerprint density at radius 3 is 1.38 bits per heavy atom. The summed E-state index contributed by atoms with van der Waals surface area (Å²) in [5, 5.41) is 21.5. The van der Waals surface area contributed by atoms with Gasteiger partial charge in [-0.3, -0.25) is 9.59 Å². The second kappa shape index (κ2) is 13.8. The average molecular weight is 543 g/mol. The Balaban J connectivity index is 2.15. The van der Waals surface area contributed by atoms with E-state index in [-0.39, 0.29) is 47.5 Å². The highest BCUT2D eigenvalue weighted by Gasteiger charge is 2.25. The molecule has 39 heavy (non-hydrogen) atoms. The van der Waals surface area contributed by atoms with Crippen LogP contribution in [0.5, 0.6) is 11.5 Å².